The second kappa shape index (κ2) is 5.43. The molecule has 0 fully saturated rings. The van der Waals surface area contributed by atoms with E-state index >= 15 is 0 Å². The predicted molar refractivity (Wildman–Crippen MR) is 70.0 cm³/mol. The monoisotopic (exact) mass is 235 g/mol. The van der Waals surface area contributed by atoms with Gasteiger partial charge >= 0.3 is 0 Å². The topological polar surface area (TPSA) is 21.3 Å². The van der Waals surface area contributed by atoms with Crippen LogP contribution in [-0.2, 0) is 11.3 Å². The minimum atomic E-state index is 0.392. The number of hydrogen-bond donors (Lipinski definition) is 1. The Hall–Kier alpha value is -0.900. The Labute approximate surface area is 100 Å². The molecule has 0 spiro atoms. The fraction of sp³-hybridized carbons (Fsp3) is 0.385. The Morgan fingerprint density at radius 1 is 1.38 bits per heavy atom. The standard InChI is InChI=1S/C13H17NOS/c1-10(8-15-2)14-7-11-9-16-13-6-4-3-5-12(11)13/h3-6,9-10,14H,7-8H2,1-2H3. The lowest BCUT2D eigenvalue weighted by atomic mass is 10.2. The molecule has 2 rings (SSSR count). The van der Waals surface area contributed by atoms with Crippen LogP contribution in [0.4, 0.5) is 0 Å². The van der Waals surface area contributed by atoms with E-state index in [1.54, 1.807) is 7.11 Å². The van der Waals surface area contributed by atoms with Crippen LogP contribution in [0, 0.1) is 0 Å². The van der Waals surface area contributed by atoms with E-state index < -0.39 is 0 Å². The summed E-state index contributed by atoms with van der Waals surface area (Å²) in [6.45, 7) is 3.80. The van der Waals surface area contributed by atoms with Crippen LogP contribution in [0.1, 0.15) is 12.5 Å². The van der Waals surface area contributed by atoms with Gasteiger partial charge in [-0.15, -0.1) is 11.3 Å². The highest BCUT2D eigenvalue weighted by atomic mass is 32.1. The highest BCUT2D eigenvalue weighted by molar-refractivity contribution is 7.17. The van der Waals surface area contributed by atoms with Crippen LogP contribution < -0.4 is 5.32 Å². The minimum absolute atomic E-state index is 0.392. The van der Waals surface area contributed by atoms with Crippen LogP contribution in [0.2, 0.25) is 0 Å². The second-order valence-electron chi connectivity index (χ2n) is 3.99. The summed E-state index contributed by atoms with van der Waals surface area (Å²) in [5.74, 6) is 0. The van der Waals surface area contributed by atoms with Gasteiger partial charge in [-0.1, -0.05) is 18.2 Å². The normalized spacial score (nSPS) is 13.1. The third kappa shape index (κ3) is 2.61. The van der Waals surface area contributed by atoms with Crippen molar-refractivity contribution >= 4 is 21.4 Å². The highest BCUT2D eigenvalue weighted by Crippen LogP contribution is 2.25. The first kappa shape index (κ1) is 11.6. The first-order chi connectivity index (χ1) is 7.81. The average Bonchev–Trinajstić information content (AvgIpc) is 2.70. The molecule has 2 nitrogen and oxygen atoms in total. The summed E-state index contributed by atoms with van der Waals surface area (Å²) in [6.07, 6.45) is 0. The summed E-state index contributed by atoms with van der Waals surface area (Å²) < 4.78 is 6.46. The van der Waals surface area contributed by atoms with Crippen molar-refractivity contribution in [2.45, 2.75) is 19.5 Å². The molecule has 1 N–H and O–H groups in total. The Bertz CT molecular complexity index is 452. The fourth-order valence-corrected chi connectivity index (χ4v) is 2.73. The molecule has 1 unspecified atom stereocenters. The quantitative estimate of drug-likeness (QED) is 0.860. The molecule has 0 aliphatic carbocycles. The summed E-state index contributed by atoms with van der Waals surface area (Å²) in [5, 5.41) is 7.06. The summed E-state index contributed by atoms with van der Waals surface area (Å²) in [4.78, 5) is 0. The first-order valence-corrected chi connectivity index (χ1v) is 6.36. The smallest absolute Gasteiger partial charge is 0.0613 e. The van der Waals surface area contributed by atoms with E-state index in [-0.39, 0.29) is 0 Å². The van der Waals surface area contributed by atoms with E-state index in [4.69, 9.17) is 4.74 Å². The summed E-state index contributed by atoms with van der Waals surface area (Å²) >= 11 is 1.81. The third-order valence-electron chi connectivity index (χ3n) is 2.62. The molecule has 0 bridgehead atoms. The van der Waals surface area contributed by atoms with Crippen LogP contribution in [0.5, 0.6) is 0 Å². The fourth-order valence-electron chi connectivity index (χ4n) is 1.76. The molecule has 3 heteroatoms. The van der Waals surface area contributed by atoms with Crippen molar-refractivity contribution in [3.8, 4) is 0 Å². The van der Waals surface area contributed by atoms with Gasteiger partial charge in [0.25, 0.3) is 0 Å². The second-order valence-corrected chi connectivity index (χ2v) is 4.91. The van der Waals surface area contributed by atoms with Crippen molar-refractivity contribution in [2.75, 3.05) is 13.7 Å². The molecule has 0 aliphatic rings. The molecule has 0 saturated carbocycles. The summed E-state index contributed by atoms with van der Waals surface area (Å²) in [6, 6.07) is 8.93. The van der Waals surface area contributed by atoms with Gasteiger partial charge in [0.2, 0.25) is 0 Å². The number of ether oxygens (including phenoxy) is 1. The van der Waals surface area contributed by atoms with Gasteiger partial charge in [0.15, 0.2) is 0 Å². The van der Waals surface area contributed by atoms with Gasteiger partial charge in [-0.2, -0.15) is 0 Å². The molecule has 1 heterocycles. The number of thiophene rings is 1. The van der Waals surface area contributed by atoms with Crippen LogP contribution in [0.15, 0.2) is 29.6 Å². The zero-order valence-corrected chi connectivity index (χ0v) is 10.5. The Kier molecular flexibility index (Phi) is 3.93. The lowest BCUT2D eigenvalue weighted by Crippen LogP contribution is -2.29. The van der Waals surface area contributed by atoms with Crippen molar-refractivity contribution in [3.05, 3.63) is 35.2 Å². The summed E-state index contributed by atoms with van der Waals surface area (Å²) in [5.41, 5.74) is 1.38. The molecule has 2 aromatic rings. The van der Waals surface area contributed by atoms with E-state index in [2.05, 4.69) is 41.9 Å². The third-order valence-corrected chi connectivity index (χ3v) is 3.63. The minimum Gasteiger partial charge on any atom is -0.383 e. The number of methoxy groups -OCH3 is 1. The zero-order valence-electron chi connectivity index (χ0n) is 9.69. The lowest BCUT2D eigenvalue weighted by molar-refractivity contribution is 0.172. The van der Waals surface area contributed by atoms with Crippen LogP contribution in [0.3, 0.4) is 0 Å². The average molecular weight is 235 g/mol. The van der Waals surface area contributed by atoms with E-state index in [1.165, 1.54) is 15.6 Å². The maximum atomic E-state index is 5.10. The first-order valence-electron chi connectivity index (χ1n) is 5.48. The van der Waals surface area contributed by atoms with Crippen molar-refractivity contribution in [3.63, 3.8) is 0 Å². The molecule has 1 aromatic carbocycles. The molecule has 0 radical (unpaired) electrons. The molecular formula is C13H17NOS. The van der Waals surface area contributed by atoms with Gasteiger partial charge in [-0.25, -0.2) is 0 Å². The molecule has 0 amide bonds. The van der Waals surface area contributed by atoms with Gasteiger partial charge in [0, 0.05) is 24.4 Å². The molecule has 16 heavy (non-hydrogen) atoms. The van der Waals surface area contributed by atoms with Crippen molar-refractivity contribution in [2.24, 2.45) is 0 Å². The van der Waals surface area contributed by atoms with Crippen LogP contribution in [-0.4, -0.2) is 19.8 Å². The van der Waals surface area contributed by atoms with E-state index in [9.17, 15) is 0 Å². The van der Waals surface area contributed by atoms with Gasteiger partial charge in [0.05, 0.1) is 6.61 Å². The maximum absolute atomic E-state index is 5.10. The Balaban J connectivity index is 2.04. The van der Waals surface area contributed by atoms with E-state index in [1.807, 2.05) is 11.3 Å². The number of hydrogen-bond acceptors (Lipinski definition) is 3. The van der Waals surface area contributed by atoms with Gasteiger partial charge in [0.1, 0.15) is 0 Å². The van der Waals surface area contributed by atoms with Gasteiger partial charge in [-0.3, -0.25) is 0 Å². The molecule has 1 aromatic heterocycles. The highest BCUT2D eigenvalue weighted by Gasteiger charge is 2.05. The van der Waals surface area contributed by atoms with Crippen molar-refractivity contribution in [1.82, 2.24) is 5.32 Å². The Morgan fingerprint density at radius 2 is 2.19 bits per heavy atom. The number of rotatable bonds is 5. The molecule has 0 saturated heterocycles. The van der Waals surface area contributed by atoms with E-state index in [0.717, 1.165) is 13.2 Å². The SMILES string of the molecule is COCC(C)NCc1csc2ccccc12. The molecule has 86 valence electrons. The largest absolute Gasteiger partial charge is 0.383 e. The number of fused-ring (bicyclic) bond motifs is 1. The van der Waals surface area contributed by atoms with Gasteiger partial charge in [-0.05, 0) is 29.3 Å². The lowest BCUT2D eigenvalue weighted by Gasteiger charge is -2.11. The predicted octanol–water partition coefficient (Wildman–Crippen LogP) is 3.03. The number of nitrogens with one attached hydrogen (secondary N) is 1. The number of benzene rings is 1. The summed E-state index contributed by atoms with van der Waals surface area (Å²) in [7, 11) is 1.73. The molecule has 0 aliphatic heterocycles. The van der Waals surface area contributed by atoms with Crippen LogP contribution in [0.25, 0.3) is 10.1 Å². The van der Waals surface area contributed by atoms with Crippen molar-refractivity contribution < 1.29 is 4.74 Å². The van der Waals surface area contributed by atoms with Gasteiger partial charge < -0.3 is 10.1 Å². The van der Waals surface area contributed by atoms with Crippen LogP contribution >= 0.6 is 11.3 Å². The van der Waals surface area contributed by atoms with Crippen molar-refractivity contribution in [1.29, 1.82) is 0 Å². The Morgan fingerprint density at radius 3 is 3.00 bits per heavy atom. The molecular weight excluding hydrogens is 218 g/mol. The zero-order chi connectivity index (χ0) is 11.4. The molecule has 1 atom stereocenters. The van der Waals surface area contributed by atoms with E-state index in [0.29, 0.717) is 6.04 Å². The maximum Gasteiger partial charge on any atom is 0.0613 e.